The molecule has 0 aliphatic heterocycles. The van der Waals surface area contributed by atoms with Crippen LogP contribution in [0.3, 0.4) is 0 Å². The van der Waals surface area contributed by atoms with Crippen molar-refractivity contribution in [3.63, 3.8) is 0 Å². The predicted molar refractivity (Wildman–Crippen MR) is 64.9 cm³/mol. The van der Waals surface area contributed by atoms with Crippen LogP contribution < -0.4 is 14.2 Å². The number of para-hydroxylation sites is 1. The van der Waals surface area contributed by atoms with Crippen LogP contribution in [0.5, 0.6) is 23.0 Å². The molecule has 0 spiro atoms. The molecule has 3 heteroatoms. The van der Waals surface area contributed by atoms with Crippen LogP contribution in [0.25, 0.3) is 0 Å². The van der Waals surface area contributed by atoms with Crippen molar-refractivity contribution in [1.29, 1.82) is 0 Å². The van der Waals surface area contributed by atoms with Crippen LogP contribution >= 0.6 is 0 Å². The van der Waals surface area contributed by atoms with Gasteiger partial charge in [0, 0.05) is 0 Å². The molecule has 2 rings (SSSR count). The molecule has 2 aromatic rings. The highest BCUT2D eigenvalue weighted by atomic mass is 16.5. The van der Waals surface area contributed by atoms with Crippen molar-refractivity contribution in [3.05, 3.63) is 48.5 Å². The van der Waals surface area contributed by atoms with Gasteiger partial charge in [-0.05, 0) is 30.3 Å². The molecule has 0 heterocycles. The SMILES string of the molecule is COc1cccc(Oc2c[c]ccc2)c1OC. The Labute approximate surface area is 101 Å². The van der Waals surface area contributed by atoms with Crippen molar-refractivity contribution < 1.29 is 14.2 Å². The Kier molecular flexibility index (Phi) is 3.50. The highest BCUT2D eigenvalue weighted by Crippen LogP contribution is 2.38. The minimum atomic E-state index is 0.582. The van der Waals surface area contributed by atoms with E-state index in [9.17, 15) is 0 Å². The molecule has 0 fully saturated rings. The second-order valence-corrected chi connectivity index (χ2v) is 3.33. The number of benzene rings is 2. The van der Waals surface area contributed by atoms with E-state index in [0.29, 0.717) is 23.0 Å². The first-order valence-electron chi connectivity index (χ1n) is 5.20. The third-order valence-electron chi connectivity index (χ3n) is 2.27. The van der Waals surface area contributed by atoms with Crippen LogP contribution in [0.4, 0.5) is 0 Å². The maximum atomic E-state index is 5.71. The quantitative estimate of drug-likeness (QED) is 0.805. The molecule has 0 amide bonds. The van der Waals surface area contributed by atoms with E-state index in [2.05, 4.69) is 6.07 Å². The summed E-state index contributed by atoms with van der Waals surface area (Å²) in [5.41, 5.74) is 0. The zero-order valence-electron chi connectivity index (χ0n) is 9.77. The summed E-state index contributed by atoms with van der Waals surface area (Å²) in [4.78, 5) is 0. The highest BCUT2D eigenvalue weighted by molar-refractivity contribution is 5.52. The number of ether oxygens (including phenoxy) is 3. The Balaban J connectivity index is 2.33. The first kappa shape index (κ1) is 11.3. The smallest absolute Gasteiger partial charge is 0.203 e. The van der Waals surface area contributed by atoms with E-state index in [0.717, 1.165) is 0 Å². The maximum absolute atomic E-state index is 5.71. The summed E-state index contributed by atoms with van der Waals surface area (Å²) in [6.07, 6.45) is 0. The van der Waals surface area contributed by atoms with Crippen molar-refractivity contribution >= 4 is 0 Å². The molecule has 17 heavy (non-hydrogen) atoms. The van der Waals surface area contributed by atoms with Crippen LogP contribution in [0, 0.1) is 6.07 Å². The highest BCUT2D eigenvalue weighted by Gasteiger charge is 2.10. The Morgan fingerprint density at radius 3 is 2.41 bits per heavy atom. The zero-order chi connectivity index (χ0) is 12.1. The Hall–Kier alpha value is -2.16. The molecule has 2 aromatic carbocycles. The van der Waals surface area contributed by atoms with Gasteiger partial charge in [0.2, 0.25) is 5.75 Å². The minimum Gasteiger partial charge on any atom is -0.493 e. The van der Waals surface area contributed by atoms with Crippen molar-refractivity contribution in [1.82, 2.24) is 0 Å². The van der Waals surface area contributed by atoms with Crippen LogP contribution in [0.1, 0.15) is 0 Å². The van der Waals surface area contributed by atoms with E-state index in [1.807, 2.05) is 36.4 Å². The first-order valence-corrected chi connectivity index (χ1v) is 5.20. The summed E-state index contributed by atoms with van der Waals surface area (Å²) in [5.74, 6) is 2.55. The molecule has 0 aliphatic carbocycles. The molecule has 0 unspecified atom stereocenters. The lowest BCUT2D eigenvalue weighted by molar-refractivity contribution is 0.336. The fourth-order valence-corrected chi connectivity index (χ4v) is 1.51. The van der Waals surface area contributed by atoms with E-state index in [1.165, 1.54) is 0 Å². The monoisotopic (exact) mass is 229 g/mol. The van der Waals surface area contributed by atoms with E-state index < -0.39 is 0 Å². The molecule has 1 radical (unpaired) electrons. The van der Waals surface area contributed by atoms with Crippen molar-refractivity contribution in [3.8, 4) is 23.0 Å². The standard InChI is InChI=1S/C14H13O3/c1-15-12-9-6-10-13(14(12)16-2)17-11-7-4-3-5-8-11/h3-4,6-10H,1-2H3. The molecule has 0 saturated heterocycles. The van der Waals surface area contributed by atoms with Gasteiger partial charge in [-0.1, -0.05) is 18.2 Å². The Morgan fingerprint density at radius 1 is 0.941 bits per heavy atom. The second kappa shape index (κ2) is 5.25. The van der Waals surface area contributed by atoms with Gasteiger partial charge in [-0.15, -0.1) is 0 Å². The summed E-state index contributed by atoms with van der Waals surface area (Å²) >= 11 is 0. The van der Waals surface area contributed by atoms with Gasteiger partial charge in [0.25, 0.3) is 0 Å². The molecule has 0 atom stereocenters. The molecular formula is C14H13O3. The van der Waals surface area contributed by atoms with Crippen LogP contribution in [-0.2, 0) is 0 Å². The fraction of sp³-hybridized carbons (Fsp3) is 0.143. The van der Waals surface area contributed by atoms with Crippen LogP contribution in [-0.4, -0.2) is 14.2 Å². The van der Waals surface area contributed by atoms with Gasteiger partial charge in [0.05, 0.1) is 14.2 Å². The van der Waals surface area contributed by atoms with E-state index in [-0.39, 0.29) is 0 Å². The fourth-order valence-electron chi connectivity index (χ4n) is 1.51. The molecule has 87 valence electrons. The van der Waals surface area contributed by atoms with Gasteiger partial charge in [-0.3, -0.25) is 0 Å². The molecule has 0 saturated carbocycles. The summed E-state index contributed by atoms with van der Waals surface area (Å²) < 4.78 is 16.2. The third-order valence-corrected chi connectivity index (χ3v) is 2.27. The summed E-state index contributed by atoms with van der Waals surface area (Å²) in [7, 11) is 3.18. The molecule has 0 aromatic heterocycles. The van der Waals surface area contributed by atoms with Gasteiger partial charge < -0.3 is 14.2 Å². The van der Waals surface area contributed by atoms with Crippen molar-refractivity contribution in [2.75, 3.05) is 14.2 Å². The average Bonchev–Trinajstić information content (AvgIpc) is 2.39. The predicted octanol–water partition coefficient (Wildman–Crippen LogP) is 3.30. The van der Waals surface area contributed by atoms with Crippen molar-refractivity contribution in [2.45, 2.75) is 0 Å². The topological polar surface area (TPSA) is 27.7 Å². The van der Waals surface area contributed by atoms with Crippen LogP contribution in [0.2, 0.25) is 0 Å². The third kappa shape index (κ3) is 2.50. The molecule has 0 bridgehead atoms. The Bertz CT molecular complexity index is 480. The lowest BCUT2D eigenvalue weighted by Crippen LogP contribution is -1.93. The van der Waals surface area contributed by atoms with Gasteiger partial charge in [-0.25, -0.2) is 0 Å². The summed E-state index contributed by atoms with van der Waals surface area (Å²) in [5, 5.41) is 0. The van der Waals surface area contributed by atoms with Gasteiger partial charge in [-0.2, -0.15) is 0 Å². The van der Waals surface area contributed by atoms with E-state index in [4.69, 9.17) is 14.2 Å². The normalized spacial score (nSPS) is 9.76. The lowest BCUT2D eigenvalue weighted by atomic mass is 10.3. The lowest BCUT2D eigenvalue weighted by Gasteiger charge is -2.12. The van der Waals surface area contributed by atoms with Crippen LogP contribution in [0.15, 0.2) is 42.5 Å². The van der Waals surface area contributed by atoms with E-state index >= 15 is 0 Å². The van der Waals surface area contributed by atoms with E-state index in [1.54, 1.807) is 20.3 Å². The summed E-state index contributed by atoms with van der Waals surface area (Å²) in [6.45, 7) is 0. The van der Waals surface area contributed by atoms with Gasteiger partial charge in [0.1, 0.15) is 5.75 Å². The molecule has 3 nitrogen and oxygen atoms in total. The first-order chi connectivity index (χ1) is 8.35. The van der Waals surface area contributed by atoms with Gasteiger partial charge >= 0.3 is 0 Å². The second-order valence-electron chi connectivity index (χ2n) is 3.33. The largest absolute Gasteiger partial charge is 0.493 e. The van der Waals surface area contributed by atoms with Crippen molar-refractivity contribution in [2.24, 2.45) is 0 Å². The number of hydrogen-bond donors (Lipinski definition) is 0. The summed E-state index contributed by atoms with van der Waals surface area (Å²) in [6, 6.07) is 15.7. The maximum Gasteiger partial charge on any atom is 0.203 e. The number of rotatable bonds is 4. The molecule has 0 aliphatic rings. The number of methoxy groups -OCH3 is 2. The van der Waals surface area contributed by atoms with Gasteiger partial charge in [0.15, 0.2) is 11.5 Å². The zero-order valence-corrected chi connectivity index (χ0v) is 9.77. The minimum absolute atomic E-state index is 0.582. The number of hydrogen-bond acceptors (Lipinski definition) is 3. The average molecular weight is 229 g/mol. The Morgan fingerprint density at radius 2 is 1.76 bits per heavy atom. The molecular weight excluding hydrogens is 216 g/mol. The molecule has 0 N–H and O–H groups in total.